The van der Waals surface area contributed by atoms with Crippen molar-refractivity contribution in [1.29, 1.82) is 0 Å². The van der Waals surface area contributed by atoms with Gasteiger partial charge in [0, 0.05) is 32.1 Å². The van der Waals surface area contributed by atoms with Crippen LogP contribution in [0, 0.1) is 5.41 Å². The number of amides is 1. The first-order chi connectivity index (χ1) is 9.52. The molecule has 4 heteroatoms. The molecule has 0 bridgehead atoms. The molecule has 20 heavy (non-hydrogen) atoms. The highest BCUT2D eigenvalue weighted by Gasteiger charge is 2.30. The second-order valence-corrected chi connectivity index (χ2v) is 7.24. The first-order valence-corrected chi connectivity index (χ1v) is 8.24. The van der Waals surface area contributed by atoms with Crippen LogP contribution in [0.3, 0.4) is 0 Å². The molecule has 0 spiro atoms. The fourth-order valence-corrected chi connectivity index (χ4v) is 3.33. The molecule has 0 radical (unpaired) electrons. The Kier molecular flexibility index (Phi) is 5.44. The van der Waals surface area contributed by atoms with E-state index < -0.39 is 0 Å². The molecule has 2 fully saturated rings. The van der Waals surface area contributed by atoms with E-state index in [1.807, 2.05) is 4.90 Å². The lowest BCUT2D eigenvalue weighted by atomic mass is 9.82. The third kappa shape index (κ3) is 4.19. The quantitative estimate of drug-likeness (QED) is 0.855. The Bertz CT molecular complexity index is 314. The van der Waals surface area contributed by atoms with E-state index in [4.69, 9.17) is 5.73 Å². The van der Waals surface area contributed by atoms with Gasteiger partial charge in [0.1, 0.15) is 0 Å². The van der Waals surface area contributed by atoms with E-state index in [1.54, 1.807) is 0 Å². The summed E-state index contributed by atoms with van der Waals surface area (Å²) in [6.45, 7) is 9.33. The van der Waals surface area contributed by atoms with Crippen molar-refractivity contribution in [3.63, 3.8) is 0 Å². The van der Waals surface area contributed by atoms with Gasteiger partial charge in [0.15, 0.2) is 0 Å². The summed E-state index contributed by atoms with van der Waals surface area (Å²) in [6, 6.07) is 0.237. The Morgan fingerprint density at radius 3 is 2.25 bits per heavy atom. The number of piperidine rings is 2. The van der Waals surface area contributed by atoms with Gasteiger partial charge in [-0.15, -0.1) is 0 Å². The lowest BCUT2D eigenvalue weighted by Gasteiger charge is -2.41. The summed E-state index contributed by atoms with van der Waals surface area (Å²) >= 11 is 0. The topological polar surface area (TPSA) is 49.6 Å². The lowest BCUT2D eigenvalue weighted by molar-refractivity contribution is -0.133. The van der Waals surface area contributed by atoms with E-state index in [2.05, 4.69) is 18.7 Å². The summed E-state index contributed by atoms with van der Waals surface area (Å²) in [5, 5.41) is 0. The Labute approximate surface area is 123 Å². The summed E-state index contributed by atoms with van der Waals surface area (Å²) in [6.07, 6.45) is 6.62. The molecule has 4 nitrogen and oxygen atoms in total. The fourth-order valence-electron chi connectivity index (χ4n) is 3.33. The Hall–Kier alpha value is -0.610. The molecule has 0 aromatic rings. The number of hydrogen-bond acceptors (Lipinski definition) is 3. The van der Waals surface area contributed by atoms with Crippen LogP contribution in [-0.4, -0.2) is 54.5 Å². The highest BCUT2D eigenvalue weighted by molar-refractivity contribution is 5.77. The number of rotatable bonds is 4. The Morgan fingerprint density at radius 2 is 1.70 bits per heavy atom. The van der Waals surface area contributed by atoms with Gasteiger partial charge in [0.25, 0.3) is 0 Å². The van der Waals surface area contributed by atoms with Gasteiger partial charge in [-0.2, -0.15) is 0 Å². The maximum absolute atomic E-state index is 12.4. The largest absolute Gasteiger partial charge is 0.343 e. The molecule has 2 N–H and O–H groups in total. The van der Waals surface area contributed by atoms with Crippen LogP contribution in [0.15, 0.2) is 0 Å². The molecule has 2 rings (SSSR count). The molecular formula is C16H31N3O. The van der Waals surface area contributed by atoms with Crippen LogP contribution in [0.5, 0.6) is 0 Å². The van der Waals surface area contributed by atoms with Crippen molar-refractivity contribution >= 4 is 5.91 Å². The van der Waals surface area contributed by atoms with Crippen molar-refractivity contribution in [2.45, 2.75) is 58.4 Å². The smallest absolute Gasteiger partial charge is 0.224 e. The molecule has 1 unspecified atom stereocenters. The van der Waals surface area contributed by atoms with Crippen LogP contribution < -0.4 is 5.73 Å². The number of nitrogens with zero attached hydrogens (tertiary/aromatic N) is 2. The zero-order chi connectivity index (χ0) is 14.6. The molecule has 2 aliphatic heterocycles. The summed E-state index contributed by atoms with van der Waals surface area (Å²) in [4.78, 5) is 16.9. The highest BCUT2D eigenvalue weighted by atomic mass is 16.2. The minimum Gasteiger partial charge on any atom is -0.343 e. The highest BCUT2D eigenvalue weighted by Crippen LogP contribution is 2.30. The van der Waals surface area contributed by atoms with E-state index in [-0.39, 0.29) is 6.04 Å². The summed E-state index contributed by atoms with van der Waals surface area (Å²) in [7, 11) is 0. The maximum atomic E-state index is 12.4. The third-order valence-electron chi connectivity index (χ3n) is 5.06. The zero-order valence-corrected chi connectivity index (χ0v) is 13.2. The van der Waals surface area contributed by atoms with E-state index in [0.29, 0.717) is 24.3 Å². The monoisotopic (exact) mass is 281 g/mol. The molecule has 1 amide bonds. The second-order valence-electron chi connectivity index (χ2n) is 7.24. The first-order valence-electron chi connectivity index (χ1n) is 8.24. The van der Waals surface area contributed by atoms with Crippen molar-refractivity contribution in [2.75, 3.05) is 32.7 Å². The van der Waals surface area contributed by atoms with E-state index >= 15 is 0 Å². The van der Waals surface area contributed by atoms with Crippen molar-refractivity contribution in [2.24, 2.45) is 11.1 Å². The first kappa shape index (κ1) is 15.8. The maximum Gasteiger partial charge on any atom is 0.224 e. The van der Waals surface area contributed by atoms with Gasteiger partial charge in [-0.25, -0.2) is 0 Å². The van der Waals surface area contributed by atoms with Gasteiger partial charge < -0.3 is 10.6 Å². The Balaban J connectivity index is 1.84. The van der Waals surface area contributed by atoms with Crippen molar-refractivity contribution in [3.05, 3.63) is 0 Å². The van der Waals surface area contributed by atoms with Crippen LogP contribution in [0.2, 0.25) is 0 Å². The number of likely N-dealkylation sites (tertiary alicyclic amines) is 2. The number of nitrogens with two attached hydrogens (primary N) is 1. The van der Waals surface area contributed by atoms with Crippen molar-refractivity contribution in [3.8, 4) is 0 Å². The molecule has 2 heterocycles. The van der Waals surface area contributed by atoms with Gasteiger partial charge in [0.05, 0.1) is 0 Å². The van der Waals surface area contributed by atoms with Gasteiger partial charge >= 0.3 is 0 Å². The molecule has 2 aliphatic rings. The van der Waals surface area contributed by atoms with Crippen molar-refractivity contribution in [1.82, 2.24) is 9.80 Å². The van der Waals surface area contributed by atoms with Gasteiger partial charge in [0.2, 0.25) is 5.91 Å². The molecule has 0 aliphatic carbocycles. The standard InChI is InChI=1S/C16H31N3O/c1-16(2)6-10-18(11-7-16)14(13-17)12-15(20)19-8-4-3-5-9-19/h14H,3-13,17H2,1-2H3. The predicted molar refractivity (Wildman–Crippen MR) is 82.5 cm³/mol. The van der Waals surface area contributed by atoms with Crippen LogP contribution in [0.4, 0.5) is 0 Å². The molecule has 0 saturated carbocycles. The molecule has 2 saturated heterocycles. The average molecular weight is 281 g/mol. The number of carbonyl (C=O) groups excluding carboxylic acids is 1. The van der Waals surface area contributed by atoms with E-state index in [1.165, 1.54) is 19.3 Å². The lowest BCUT2D eigenvalue weighted by Crippen LogP contribution is -2.49. The van der Waals surface area contributed by atoms with E-state index in [9.17, 15) is 4.79 Å². The van der Waals surface area contributed by atoms with Gasteiger partial charge in [-0.05, 0) is 50.6 Å². The summed E-state index contributed by atoms with van der Waals surface area (Å²) < 4.78 is 0. The fraction of sp³-hybridized carbons (Fsp3) is 0.938. The third-order valence-corrected chi connectivity index (χ3v) is 5.06. The van der Waals surface area contributed by atoms with E-state index in [0.717, 1.165) is 39.0 Å². The van der Waals surface area contributed by atoms with Crippen LogP contribution >= 0.6 is 0 Å². The zero-order valence-electron chi connectivity index (χ0n) is 13.2. The predicted octanol–water partition coefficient (Wildman–Crippen LogP) is 1.84. The van der Waals surface area contributed by atoms with Crippen LogP contribution in [-0.2, 0) is 4.79 Å². The van der Waals surface area contributed by atoms with Gasteiger partial charge in [-0.1, -0.05) is 13.8 Å². The summed E-state index contributed by atoms with van der Waals surface area (Å²) in [5.74, 6) is 0.310. The molecule has 0 aromatic carbocycles. The molecule has 116 valence electrons. The molecule has 1 atom stereocenters. The van der Waals surface area contributed by atoms with Crippen molar-refractivity contribution < 1.29 is 4.79 Å². The average Bonchev–Trinajstić information content (AvgIpc) is 2.46. The molecule has 0 aromatic heterocycles. The number of carbonyl (C=O) groups is 1. The minimum absolute atomic E-state index is 0.237. The second kappa shape index (κ2) is 6.90. The van der Waals surface area contributed by atoms with Gasteiger partial charge in [-0.3, -0.25) is 9.69 Å². The molecular weight excluding hydrogens is 250 g/mol. The summed E-state index contributed by atoms with van der Waals surface area (Å²) in [5.41, 5.74) is 6.39. The Morgan fingerprint density at radius 1 is 1.10 bits per heavy atom. The normalized spacial score (nSPS) is 25.4. The van der Waals surface area contributed by atoms with Crippen LogP contribution in [0.1, 0.15) is 52.4 Å². The SMILES string of the molecule is CC1(C)CCN(C(CN)CC(=O)N2CCCCC2)CC1. The number of hydrogen-bond donors (Lipinski definition) is 1. The van der Waals surface area contributed by atoms with Crippen LogP contribution in [0.25, 0.3) is 0 Å². The minimum atomic E-state index is 0.237.